The van der Waals surface area contributed by atoms with Crippen molar-refractivity contribution < 1.29 is 13.9 Å². The molecule has 0 atom stereocenters. The quantitative estimate of drug-likeness (QED) is 0.580. The predicted molar refractivity (Wildman–Crippen MR) is 125 cm³/mol. The second kappa shape index (κ2) is 9.10. The highest BCUT2D eigenvalue weighted by Gasteiger charge is 2.30. The van der Waals surface area contributed by atoms with E-state index in [2.05, 4.69) is 15.0 Å². The minimum Gasteiger partial charge on any atom is -0.481 e. The zero-order chi connectivity index (χ0) is 22.8. The summed E-state index contributed by atoms with van der Waals surface area (Å²) in [4.78, 5) is 28.7. The molecule has 1 amide bonds. The lowest BCUT2D eigenvalue weighted by atomic mass is 9.95. The van der Waals surface area contributed by atoms with Crippen LogP contribution < -0.4 is 4.74 Å². The molecule has 0 aromatic carbocycles. The minimum atomic E-state index is -0.228. The van der Waals surface area contributed by atoms with Crippen LogP contribution in [0.15, 0.2) is 77.0 Å². The molecule has 0 unspecified atom stereocenters. The van der Waals surface area contributed by atoms with Crippen molar-refractivity contribution >= 4 is 11.6 Å². The van der Waals surface area contributed by atoms with E-state index < -0.39 is 0 Å². The summed E-state index contributed by atoms with van der Waals surface area (Å²) < 4.78 is 18.9. The topological polar surface area (TPSA) is 67.7 Å². The first-order chi connectivity index (χ1) is 16.1. The van der Waals surface area contributed by atoms with Crippen molar-refractivity contribution in [2.45, 2.75) is 25.7 Å². The third-order valence-corrected chi connectivity index (χ3v) is 6.19. The molecule has 0 saturated heterocycles. The summed E-state index contributed by atoms with van der Waals surface area (Å²) in [7, 11) is 1.57. The normalized spacial score (nSPS) is 16.9. The molecule has 2 aliphatic carbocycles. The smallest absolute Gasteiger partial charge is 0.273 e. The first-order valence-corrected chi connectivity index (χ1v) is 11.2. The van der Waals surface area contributed by atoms with E-state index in [0.717, 1.165) is 40.8 Å². The summed E-state index contributed by atoms with van der Waals surface area (Å²) in [6.07, 6.45) is 11.6. The fourth-order valence-corrected chi connectivity index (χ4v) is 4.17. The Morgan fingerprint density at radius 1 is 1.24 bits per heavy atom. The van der Waals surface area contributed by atoms with E-state index in [1.165, 1.54) is 0 Å². The third kappa shape index (κ3) is 4.62. The molecule has 6 nitrogen and oxygen atoms in total. The fraction of sp³-hybridized carbons (Fsp3) is 0.308. The number of pyridine rings is 2. The average Bonchev–Trinajstić information content (AvgIpc) is 3.59. The van der Waals surface area contributed by atoms with Crippen LogP contribution in [0, 0.1) is 5.92 Å². The number of amides is 1. The Kier molecular flexibility index (Phi) is 5.86. The van der Waals surface area contributed by atoms with Gasteiger partial charge in [-0.2, -0.15) is 0 Å². The number of methoxy groups -OCH3 is 1. The molecule has 2 aromatic heterocycles. The van der Waals surface area contributed by atoms with Gasteiger partial charge in [-0.3, -0.25) is 14.8 Å². The number of carbonyl (C=O) groups is 1. The van der Waals surface area contributed by atoms with Gasteiger partial charge < -0.3 is 9.64 Å². The molecule has 168 valence electrons. The first kappa shape index (κ1) is 21.2. The molecule has 5 rings (SSSR count). The summed E-state index contributed by atoms with van der Waals surface area (Å²) >= 11 is 0. The Balaban J connectivity index is 1.36. The molecular formula is C26H25FN4O2. The van der Waals surface area contributed by atoms with Gasteiger partial charge in [0, 0.05) is 60.9 Å². The van der Waals surface area contributed by atoms with E-state index >= 15 is 0 Å². The van der Waals surface area contributed by atoms with E-state index in [4.69, 9.17) is 4.74 Å². The summed E-state index contributed by atoms with van der Waals surface area (Å²) in [6, 6.07) is 7.36. The van der Waals surface area contributed by atoms with Crippen LogP contribution in [-0.4, -0.2) is 46.7 Å². The van der Waals surface area contributed by atoms with Gasteiger partial charge in [-0.25, -0.2) is 9.37 Å². The van der Waals surface area contributed by atoms with Crippen molar-refractivity contribution in [2.75, 3.05) is 20.2 Å². The minimum absolute atomic E-state index is 0.100. The number of rotatable bonds is 8. The largest absolute Gasteiger partial charge is 0.481 e. The van der Waals surface area contributed by atoms with Gasteiger partial charge >= 0.3 is 0 Å². The molecule has 33 heavy (non-hydrogen) atoms. The average molecular weight is 445 g/mol. The van der Waals surface area contributed by atoms with Crippen LogP contribution in [0.4, 0.5) is 4.39 Å². The second-order valence-corrected chi connectivity index (χ2v) is 8.51. The van der Waals surface area contributed by atoms with Crippen molar-refractivity contribution in [2.24, 2.45) is 10.9 Å². The van der Waals surface area contributed by atoms with Crippen LogP contribution in [-0.2, 0) is 0 Å². The van der Waals surface area contributed by atoms with Crippen LogP contribution in [0.2, 0.25) is 0 Å². The lowest BCUT2D eigenvalue weighted by Gasteiger charge is -2.24. The number of carbonyl (C=O) groups excluding carboxylic acids is 1. The first-order valence-electron chi connectivity index (χ1n) is 11.2. The van der Waals surface area contributed by atoms with Crippen LogP contribution in [0.1, 0.15) is 36.2 Å². The van der Waals surface area contributed by atoms with Crippen molar-refractivity contribution in [3.05, 3.63) is 77.7 Å². The van der Waals surface area contributed by atoms with Gasteiger partial charge in [0.25, 0.3) is 5.91 Å². The molecule has 0 bridgehead atoms. The van der Waals surface area contributed by atoms with Gasteiger partial charge in [-0.05, 0) is 55.0 Å². The van der Waals surface area contributed by atoms with Crippen LogP contribution in [0.25, 0.3) is 11.1 Å². The zero-order valence-corrected chi connectivity index (χ0v) is 18.5. The monoisotopic (exact) mass is 444 g/mol. The predicted octanol–water partition coefficient (Wildman–Crippen LogP) is 4.92. The number of nitrogens with zero attached hydrogens (tertiary/aromatic N) is 4. The Hall–Kier alpha value is -3.61. The summed E-state index contributed by atoms with van der Waals surface area (Å²) in [5.74, 6) is 0.716. The molecular weight excluding hydrogens is 419 g/mol. The van der Waals surface area contributed by atoms with E-state index in [1.807, 2.05) is 29.3 Å². The van der Waals surface area contributed by atoms with E-state index in [0.29, 0.717) is 43.4 Å². The highest BCUT2D eigenvalue weighted by atomic mass is 19.1. The molecule has 0 N–H and O–H groups in total. The number of hydrogen-bond donors (Lipinski definition) is 0. The molecule has 3 heterocycles. The second-order valence-electron chi connectivity index (χ2n) is 8.51. The van der Waals surface area contributed by atoms with E-state index in [-0.39, 0.29) is 11.7 Å². The van der Waals surface area contributed by atoms with Crippen molar-refractivity contribution in [3.8, 4) is 17.0 Å². The lowest BCUT2D eigenvalue weighted by Crippen LogP contribution is -2.35. The van der Waals surface area contributed by atoms with Gasteiger partial charge in [0.15, 0.2) is 0 Å². The molecule has 0 radical (unpaired) electrons. The number of allylic oxidation sites excluding steroid dienone is 4. The maximum Gasteiger partial charge on any atom is 0.273 e. The number of aromatic nitrogens is 2. The molecule has 2 aromatic rings. The molecule has 1 aliphatic heterocycles. The maximum atomic E-state index is 13.8. The van der Waals surface area contributed by atoms with Crippen molar-refractivity contribution in [3.63, 3.8) is 0 Å². The van der Waals surface area contributed by atoms with Crippen LogP contribution >= 0.6 is 0 Å². The maximum absolute atomic E-state index is 13.8. The number of halogens is 1. The Labute approximate surface area is 192 Å². The highest BCUT2D eigenvalue weighted by molar-refractivity contribution is 6.08. The van der Waals surface area contributed by atoms with Crippen molar-refractivity contribution in [1.82, 2.24) is 14.9 Å². The van der Waals surface area contributed by atoms with Gasteiger partial charge in [0.05, 0.1) is 12.8 Å². The number of fused-ring (bicyclic) bond motifs is 1. The summed E-state index contributed by atoms with van der Waals surface area (Å²) in [5.41, 5.74) is 4.69. The SMILES string of the molecule is COc1ccc(-c2cccnc2C(=O)N(CCC2=CN=C3CC=C(F)C=C23)CC2CC2)cn1. The Morgan fingerprint density at radius 2 is 2.12 bits per heavy atom. The molecule has 0 spiro atoms. The van der Waals surface area contributed by atoms with Crippen molar-refractivity contribution in [1.29, 1.82) is 0 Å². The highest BCUT2D eigenvalue weighted by Crippen LogP contribution is 2.33. The van der Waals surface area contributed by atoms with Crippen LogP contribution in [0.3, 0.4) is 0 Å². The zero-order valence-electron chi connectivity index (χ0n) is 18.5. The van der Waals surface area contributed by atoms with E-state index in [1.54, 1.807) is 37.7 Å². The van der Waals surface area contributed by atoms with Gasteiger partial charge in [0.1, 0.15) is 11.5 Å². The number of hydrogen-bond acceptors (Lipinski definition) is 5. The van der Waals surface area contributed by atoms with Gasteiger partial charge in [-0.15, -0.1) is 0 Å². The molecule has 1 saturated carbocycles. The Bertz CT molecular complexity index is 1190. The van der Waals surface area contributed by atoms with Gasteiger partial charge in [-0.1, -0.05) is 6.07 Å². The molecule has 7 heteroatoms. The fourth-order valence-electron chi connectivity index (χ4n) is 4.17. The summed E-state index contributed by atoms with van der Waals surface area (Å²) in [5, 5.41) is 0. The van der Waals surface area contributed by atoms with Crippen LogP contribution in [0.5, 0.6) is 5.88 Å². The van der Waals surface area contributed by atoms with Gasteiger partial charge in [0.2, 0.25) is 5.88 Å². The third-order valence-electron chi connectivity index (χ3n) is 6.19. The molecule has 3 aliphatic rings. The summed E-state index contributed by atoms with van der Waals surface area (Å²) in [6.45, 7) is 1.23. The standard InChI is InChI=1S/C26H25FN4O2/c1-33-24-9-6-18(15-30-24)21-3-2-11-28-25(21)26(32)31(16-17-4-5-17)12-10-19-14-29-23-8-7-20(27)13-22(19)23/h2-3,6-7,9,11,13-15,17H,4-5,8,10,12,16H2,1H3. The van der Waals surface area contributed by atoms with E-state index in [9.17, 15) is 9.18 Å². The molecule has 1 fully saturated rings. The lowest BCUT2D eigenvalue weighted by molar-refractivity contribution is 0.0745. The Morgan fingerprint density at radius 3 is 2.88 bits per heavy atom. The number of ether oxygens (including phenoxy) is 1. The number of aliphatic imine (C=N–C) groups is 1.